The van der Waals surface area contributed by atoms with E-state index in [1.54, 1.807) is 54.2 Å². The summed E-state index contributed by atoms with van der Waals surface area (Å²) in [5.41, 5.74) is 10.7. The highest BCUT2D eigenvalue weighted by Gasteiger charge is 2.33. The number of benzene rings is 2. The van der Waals surface area contributed by atoms with E-state index in [0.717, 1.165) is 27.9 Å². The quantitative estimate of drug-likeness (QED) is 0.426. The molecule has 2 aromatic heterocycles. The fraction of sp³-hybridized carbons (Fsp3) is 0.250. The summed E-state index contributed by atoms with van der Waals surface area (Å²) in [6.45, 7) is 6.70. The van der Waals surface area contributed by atoms with Crippen LogP contribution in [-0.4, -0.2) is 44.4 Å². The zero-order chi connectivity index (χ0) is 27.1. The van der Waals surface area contributed by atoms with Gasteiger partial charge in [0.2, 0.25) is 5.91 Å². The maximum Gasteiger partial charge on any atom is 0.350 e. The Hall–Kier alpha value is -4.73. The molecule has 10 nitrogen and oxygen atoms in total. The van der Waals surface area contributed by atoms with Gasteiger partial charge in [-0.25, -0.2) is 14.6 Å². The summed E-state index contributed by atoms with van der Waals surface area (Å²) in [6, 6.07) is 14.4. The molecule has 1 fully saturated rings. The van der Waals surface area contributed by atoms with Crippen LogP contribution in [0.5, 0.6) is 0 Å². The van der Waals surface area contributed by atoms with E-state index in [1.165, 1.54) is 9.25 Å². The van der Waals surface area contributed by atoms with Crippen molar-refractivity contribution in [1.29, 1.82) is 0 Å². The summed E-state index contributed by atoms with van der Waals surface area (Å²) >= 11 is 0. The third-order valence-electron chi connectivity index (χ3n) is 7.03. The van der Waals surface area contributed by atoms with Crippen LogP contribution in [0.15, 0.2) is 59.5 Å². The summed E-state index contributed by atoms with van der Waals surface area (Å²) in [5.74, 6) is 0.709. The molecule has 2 aromatic carbocycles. The molecule has 3 heterocycles. The van der Waals surface area contributed by atoms with Crippen molar-refractivity contribution in [2.45, 2.75) is 27.2 Å². The van der Waals surface area contributed by atoms with Crippen molar-refractivity contribution in [3.8, 4) is 16.8 Å². The second-order valence-corrected chi connectivity index (χ2v) is 9.32. The van der Waals surface area contributed by atoms with Crippen LogP contribution in [0.4, 0.5) is 16.3 Å². The average molecular weight is 512 g/mol. The lowest BCUT2D eigenvalue weighted by molar-refractivity contribution is 0.1000. The topological polar surface area (TPSA) is 119 Å². The number of nitrogens with two attached hydrogens (primary N) is 1. The van der Waals surface area contributed by atoms with E-state index in [4.69, 9.17) is 5.73 Å². The number of carbonyl (C=O) groups excluding carboxylic acids is 2. The number of amides is 3. The lowest BCUT2D eigenvalue weighted by Crippen LogP contribution is -2.33. The third-order valence-corrected chi connectivity index (χ3v) is 7.03. The normalized spacial score (nSPS) is 13.4. The number of rotatable bonds is 6. The first-order valence-corrected chi connectivity index (χ1v) is 12.4. The Morgan fingerprint density at radius 2 is 1.79 bits per heavy atom. The number of nitrogens with zero attached hydrogens (tertiary/aromatic N) is 6. The molecule has 0 bridgehead atoms. The second-order valence-electron chi connectivity index (χ2n) is 9.32. The minimum Gasteiger partial charge on any atom is -0.366 e. The Bertz CT molecular complexity index is 1640. The number of anilines is 2. The van der Waals surface area contributed by atoms with Gasteiger partial charge in [-0.15, -0.1) is 0 Å². The smallest absolute Gasteiger partial charge is 0.350 e. The van der Waals surface area contributed by atoms with Crippen molar-refractivity contribution < 1.29 is 9.59 Å². The summed E-state index contributed by atoms with van der Waals surface area (Å²) in [6.07, 6.45) is 2.38. The molecule has 3 amide bonds. The molecular formula is C28H29N7O3. The highest BCUT2D eigenvalue weighted by atomic mass is 16.2. The molecule has 0 spiro atoms. The monoisotopic (exact) mass is 511 g/mol. The highest BCUT2D eigenvalue weighted by Crippen LogP contribution is 2.34. The first kappa shape index (κ1) is 24.9. The second kappa shape index (κ2) is 9.62. The Kier molecular flexibility index (Phi) is 6.31. The summed E-state index contributed by atoms with van der Waals surface area (Å²) in [7, 11) is 1.70. The third kappa shape index (κ3) is 4.13. The van der Waals surface area contributed by atoms with Crippen molar-refractivity contribution in [2.24, 2.45) is 12.8 Å². The van der Waals surface area contributed by atoms with Crippen LogP contribution in [0.2, 0.25) is 0 Å². The maximum absolute atomic E-state index is 13.5. The zero-order valence-electron chi connectivity index (χ0n) is 21.8. The lowest BCUT2D eigenvalue weighted by Gasteiger charge is -2.22. The van der Waals surface area contributed by atoms with Gasteiger partial charge in [0.25, 0.3) is 0 Å². The SMILES string of the molecule is CCc1c(-c2ccc(-n3nc(C)n(C)c3=O)c(C)c2)ccnc1N1CCN(c2cccc(C(N)=O)c2)C1=O. The molecule has 10 heteroatoms. The van der Waals surface area contributed by atoms with Gasteiger partial charge in [0.05, 0.1) is 5.69 Å². The van der Waals surface area contributed by atoms with Gasteiger partial charge in [-0.05, 0) is 73.4 Å². The van der Waals surface area contributed by atoms with Gasteiger partial charge in [-0.2, -0.15) is 9.78 Å². The molecule has 2 N–H and O–H groups in total. The molecular weight excluding hydrogens is 482 g/mol. The Labute approximate surface area is 219 Å². The van der Waals surface area contributed by atoms with E-state index in [-0.39, 0.29) is 11.7 Å². The van der Waals surface area contributed by atoms with Crippen molar-refractivity contribution in [2.75, 3.05) is 22.9 Å². The van der Waals surface area contributed by atoms with Crippen molar-refractivity contribution in [1.82, 2.24) is 19.3 Å². The van der Waals surface area contributed by atoms with Crippen molar-refractivity contribution in [3.63, 3.8) is 0 Å². The van der Waals surface area contributed by atoms with Gasteiger partial charge < -0.3 is 5.73 Å². The summed E-state index contributed by atoms with van der Waals surface area (Å²) in [5, 5.41) is 4.38. The van der Waals surface area contributed by atoms with Gasteiger partial charge in [0, 0.05) is 43.1 Å². The molecule has 4 aromatic rings. The summed E-state index contributed by atoms with van der Waals surface area (Å²) < 4.78 is 2.93. The lowest BCUT2D eigenvalue weighted by atomic mass is 9.97. The Morgan fingerprint density at radius 3 is 2.45 bits per heavy atom. The molecule has 0 radical (unpaired) electrons. The number of hydrogen-bond acceptors (Lipinski definition) is 5. The van der Waals surface area contributed by atoms with Crippen LogP contribution in [0, 0.1) is 13.8 Å². The van der Waals surface area contributed by atoms with Gasteiger partial charge in [-0.1, -0.05) is 19.1 Å². The van der Waals surface area contributed by atoms with Crippen molar-refractivity contribution >= 4 is 23.4 Å². The van der Waals surface area contributed by atoms with Crippen LogP contribution in [0.25, 0.3) is 16.8 Å². The number of aryl methyl sites for hydroxylation is 2. The average Bonchev–Trinajstić information content (AvgIpc) is 3.42. The van der Waals surface area contributed by atoms with Gasteiger partial charge in [-0.3, -0.25) is 19.2 Å². The van der Waals surface area contributed by atoms with E-state index in [1.807, 2.05) is 38.1 Å². The predicted octanol–water partition coefficient (Wildman–Crippen LogP) is 3.36. The fourth-order valence-corrected chi connectivity index (χ4v) is 4.89. The van der Waals surface area contributed by atoms with E-state index in [9.17, 15) is 14.4 Å². The molecule has 0 atom stereocenters. The molecule has 1 saturated heterocycles. The first-order chi connectivity index (χ1) is 18.2. The number of carbonyl (C=O) groups is 2. The molecule has 0 saturated carbocycles. The number of urea groups is 1. The Morgan fingerprint density at radius 1 is 1.03 bits per heavy atom. The zero-order valence-corrected chi connectivity index (χ0v) is 21.8. The largest absolute Gasteiger partial charge is 0.366 e. The van der Waals surface area contributed by atoms with Crippen LogP contribution in [0.1, 0.15) is 34.2 Å². The van der Waals surface area contributed by atoms with E-state index in [0.29, 0.717) is 42.4 Å². The molecule has 38 heavy (non-hydrogen) atoms. The van der Waals surface area contributed by atoms with Gasteiger partial charge in [0.1, 0.15) is 11.6 Å². The fourth-order valence-electron chi connectivity index (χ4n) is 4.89. The van der Waals surface area contributed by atoms with Crippen molar-refractivity contribution in [3.05, 3.63) is 87.7 Å². The van der Waals surface area contributed by atoms with Gasteiger partial charge in [0.15, 0.2) is 0 Å². The van der Waals surface area contributed by atoms with Gasteiger partial charge >= 0.3 is 11.7 Å². The molecule has 0 aliphatic carbocycles. The number of aromatic nitrogens is 4. The van der Waals surface area contributed by atoms with Crippen LogP contribution in [-0.2, 0) is 13.5 Å². The van der Waals surface area contributed by atoms with Crippen LogP contribution in [0.3, 0.4) is 0 Å². The molecule has 194 valence electrons. The molecule has 1 aliphatic rings. The maximum atomic E-state index is 13.5. The number of pyridine rings is 1. The number of primary amides is 1. The minimum atomic E-state index is -0.539. The standard InChI is InChI=1S/C28H29N7O3/c1-5-22-23(19-9-10-24(17(2)15-19)35-27(37)32(4)18(3)31-35)11-12-30-26(22)34-14-13-33(28(34)38)21-8-6-7-20(16-21)25(29)36/h6-12,15-16H,5,13-14H2,1-4H3,(H2,29,36). The molecule has 1 aliphatic heterocycles. The van der Waals surface area contributed by atoms with Crippen LogP contribution >= 0.6 is 0 Å². The van der Waals surface area contributed by atoms with Crippen LogP contribution < -0.4 is 21.2 Å². The summed E-state index contributed by atoms with van der Waals surface area (Å²) in [4.78, 5) is 45.6. The predicted molar refractivity (Wildman–Crippen MR) is 146 cm³/mol. The van der Waals surface area contributed by atoms with E-state index >= 15 is 0 Å². The minimum absolute atomic E-state index is 0.197. The molecule has 5 rings (SSSR count). The van der Waals surface area contributed by atoms with E-state index in [2.05, 4.69) is 10.1 Å². The Balaban J connectivity index is 1.50. The molecule has 0 unspecified atom stereocenters. The highest BCUT2D eigenvalue weighted by molar-refractivity contribution is 6.07. The number of hydrogen-bond donors (Lipinski definition) is 1. The van der Waals surface area contributed by atoms with E-state index < -0.39 is 5.91 Å². The first-order valence-electron chi connectivity index (χ1n) is 12.4.